The number of H-pyrrole nitrogens is 1. The number of carbonyl (C=O) groups excluding carboxylic acids is 2. The van der Waals surface area contributed by atoms with Crippen molar-refractivity contribution >= 4 is 34.4 Å². The van der Waals surface area contributed by atoms with Crippen LogP contribution in [0.25, 0.3) is 22.3 Å². The molecule has 1 fully saturated rings. The van der Waals surface area contributed by atoms with Crippen LogP contribution in [-0.2, 0) is 9.59 Å². The molecule has 1 saturated heterocycles. The Bertz CT molecular complexity index is 1080. The minimum Gasteiger partial charge on any atom is -0.355 e. The number of fused-ring (bicyclic) bond motifs is 1. The van der Waals surface area contributed by atoms with Crippen LogP contribution in [0.1, 0.15) is 28.1 Å². The summed E-state index contributed by atoms with van der Waals surface area (Å²) < 4.78 is 0. The normalized spacial score (nSPS) is 14.6. The van der Waals surface area contributed by atoms with E-state index in [1.807, 2.05) is 42.3 Å². The molecule has 1 aliphatic heterocycles. The van der Waals surface area contributed by atoms with Crippen molar-refractivity contribution in [1.82, 2.24) is 19.9 Å². The fourth-order valence-electron chi connectivity index (χ4n) is 3.74. The third-order valence-electron chi connectivity index (χ3n) is 5.41. The lowest BCUT2D eigenvalue weighted by atomic mass is 10.1. The van der Waals surface area contributed by atoms with Gasteiger partial charge >= 0.3 is 0 Å². The number of carbonyl (C=O) groups is 2. The van der Waals surface area contributed by atoms with Crippen LogP contribution in [0.3, 0.4) is 0 Å². The molecule has 1 aliphatic rings. The Balaban J connectivity index is 0.00000272. The molecular formula is C22H28N6O2. The van der Waals surface area contributed by atoms with Gasteiger partial charge in [-0.25, -0.2) is 9.97 Å². The van der Waals surface area contributed by atoms with Crippen LogP contribution < -0.4 is 10.2 Å². The second-order valence-electron chi connectivity index (χ2n) is 7.45. The quantitative estimate of drug-likeness (QED) is 0.691. The molecule has 158 valence electrons. The molecule has 0 spiro atoms. The Morgan fingerprint density at radius 2 is 2.10 bits per heavy atom. The number of hydrogen-bond acceptors (Lipinski definition) is 5. The van der Waals surface area contributed by atoms with Crippen LogP contribution in [0, 0.1) is 0 Å². The summed E-state index contributed by atoms with van der Waals surface area (Å²) in [4.78, 5) is 40.1. The van der Waals surface area contributed by atoms with E-state index in [-0.39, 0.29) is 13.2 Å². The zero-order valence-electron chi connectivity index (χ0n) is 17.3. The Kier molecular flexibility index (Phi) is 5.65. The molecule has 30 heavy (non-hydrogen) atoms. The fourth-order valence-corrected chi connectivity index (χ4v) is 3.74. The summed E-state index contributed by atoms with van der Waals surface area (Å²) in [6.45, 7) is 6.56. The van der Waals surface area contributed by atoms with Crippen LogP contribution in [0.5, 0.6) is 0 Å². The first-order chi connectivity index (χ1) is 14.5. The molecule has 0 saturated carbocycles. The van der Waals surface area contributed by atoms with Crippen LogP contribution in [0.15, 0.2) is 36.7 Å². The van der Waals surface area contributed by atoms with Crippen LogP contribution in [0.4, 0.5) is 11.5 Å². The van der Waals surface area contributed by atoms with E-state index in [4.69, 9.17) is 4.98 Å². The number of hydrogen-bond donors (Lipinski definition) is 2. The molecule has 4 rings (SSSR count). The molecule has 2 N–H and O–H groups in total. The van der Waals surface area contributed by atoms with Gasteiger partial charge in [0.05, 0.1) is 17.6 Å². The monoisotopic (exact) mass is 408 g/mol. The van der Waals surface area contributed by atoms with Crippen molar-refractivity contribution in [2.75, 3.05) is 36.4 Å². The van der Waals surface area contributed by atoms with Gasteiger partial charge in [0.2, 0.25) is 11.8 Å². The molecular weight excluding hydrogens is 380 g/mol. The number of amides is 2. The largest absolute Gasteiger partial charge is 0.355 e. The van der Waals surface area contributed by atoms with Crippen molar-refractivity contribution < 1.29 is 11.0 Å². The van der Waals surface area contributed by atoms with Gasteiger partial charge in [-0.05, 0) is 24.6 Å². The molecule has 0 atom stereocenters. The molecule has 3 aromatic rings. The van der Waals surface area contributed by atoms with E-state index in [2.05, 4.69) is 20.2 Å². The number of pyridine rings is 2. The zero-order chi connectivity index (χ0) is 21.1. The first-order valence-electron chi connectivity index (χ1n) is 10.3. The summed E-state index contributed by atoms with van der Waals surface area (Å²) in [5, 5.41) is 3.77. The summed E-state index contributed by atoms with van der Waals surface area (Å²) in [5.74, 6) is 0.973. The molecule has 8 heteroatoms. The average Bonchev–Trinajstić information content (AvgIpc) is 3.00. The van der Waals surface area contributed by atoms with Gasteiger partial charge in [-0.3, -0.25) is 9.59 Å². The van der Waals surface area contributed by atoms with Gasteiger partial charge < -0.3 is 20.1 Å². The number of aromatic amines is 1. The zero-order valence-corrected chi connectivity index (χ0v) is 17.3. The van der Waals surface area contributed by atoms with E-state index in [0.29, 0.717) is 18.7 Å². The maximum absolute atomic E-state index is 11.7. The van der Waals surface area contributed by atoms with Crippen molar-refractivity contribution in [3.8, 4) is 11.3 Å². The molecule has 8 nitrogen and oxygen atoms in total. The molecule has 0 radical (unpaired) electrons. The maximum atomic E-state index is 11.7. The van der Waals surface area contributed by atoms with E-state index < -0.39 is 0 Å². The van der Waals surface area contributed by atoms with Crippen LogP contribution >= 0.6 is 0 Å². The lowest BCUT2D eigenvalue weighted by Gasteiger charge is -2.22. The summed E-state index contributed by atoms with van der Waals surface area (Å²) in [5.41, 5.74) is 3.20. The molecule has 0 bridgehead atoms. The van der Waals surface area contributed by atoms with Gasteiger partial charge in [-0.15, -0.1) is 0 Å². The van der Waals surface area contributed by atoms with Crippen molar-refractivity contribution in [3.05, 3.63) is 36.7 Å². The fraction of sp³-hybridized carbons (Fsp3) is 0.364. The van der Waals surface area contributed by atoms with E-state index in [9.17, 15) is 9.59 Å². The van der Waals surface area contributed by atoms with Crippen molar-refractivity contribution in [2.24, 2.45) is 0 Å². The number of nitrogens with one attached hydrogen (secondary N) is 2. The van der Waals surface area contributed by atoms with Crippen molar-refractivity contribution in [2.45, 2.75) is 26.7 Å². The maximum Gasteiger partial charge on any atom is 0.224 e. The molecule has 0 unspecified atom stereocenters. The number of rotatable bonds is 4. The second kappa shape index (κ2) is 8.52. The number of aromatic nitrogens is 3. The second-order valence-corrected chi connectivity index (χ2v) is 7.45. The number of nitrogens with zero attached hydrogens (tertiary/aromatic N) is 4. The first kappa shape index (κ1) is 19.9. The highest BCUT2D eigenvalue weighted by atomic mass is 16.2. The van der Waals surface area contributed by atoms with Gasteiger partial charge in [-0.2, -0.15) is 0 Å². The number of anilines is 2. The predicted molar refractivity (Wildman–Crippen MR) is 119 cm³/mol. The first-order valence-corrected chi connectivity index (χ1v) is 10.3. The Labute approximate surface area is 176 Å². The SMILES string of the molecule is CCC(=O)Nc1cnc2[nH]cc(-c3cccc(N4CCCN(C(C)=O)CC4)n3)c2c1.[HH]. The molecule has 2 amide bonds. The summed E-state index contributed by atoms with van der Waals surface area (Å²) >= 11 is 0. The Morgan fingerprint density at radius 1 is 1.23 bits per heavy atom. The van der Waals surface area contributed by atoms with Gasteiger partial charge in [0.1, 0.15) is 11.5 Å². The Morgan fingerprint density at radius 3 is 2.90 bits per heavy atom. The van der Waals surface area contributed by atoms with Gasteiger partial charge in [0.15, 0.2) is 0 Å². The summed E-state index contributed by atoms with van der Waals surface area (Å²) in [6.07, 6.45) is 4.88. The van der Waals surface area contributed by atoms with Crippen LogP contribution in [0.2, 0.25) is 0 Å². The molecule has 0 aliphatic carbocycles. The lowest BCUT2D eigenvalue weighted by Crippen LogP contribution is -2.33. The van der Waals surface area contributed by atoms with E-state index in [1.54, 1.807) is 13.1 Å². The van der Waals surface area contributed by atoms with E-state index in [0.717, 1.165) is 54.2 Å². The third kappa shape index (κ3) is 4.12. The average molecular weight is 409 g/mol. The molecule has 4 heterocycles. The summed E-state index contributed by atoms with van der Waals surface area (Å²) in [6, 6.07) is 7.91. The minimum atomic E-state index is -0.0471. The lowest BCUT2D eigenvalue weighted by molar-refractivity contribution is -0.128. The standard InChI is InChI=1S/C22H26N6O2.H2/c1-3-21(30)25-16-12-17-18(14-24-22(17)23-13-16)19-6-4-7-20(26-19)28-9-5-8-27(10-11-28)15(2)29;/h4,6-7,12-14H,3,5,8-11H2,1-2H3,(H,23,24)(H,25,30);1H. The predicted octanol–water partition coefficient (Wildman–Crippen LogP) is 3.28. The third-order valence-corrected chi connectivity index (χ3v) is 5.41. The van der Waals surface area contributed by atoms with Gasteiger partial charge in [0.25, 0.3) is 0 Å². The topological polar surface area (TPSA) is 94.2 Å². The van der Waals surface area contributed by atoms with Gasteiger partial charge in [-0.1, -0.05) is 13.0 Å². The highest BCUT2D eigenvalue weighted by Gasteiger charge is 2.18. The van der Waals surface area contributed by atoms with Crippen molar-refractivity contribution in [3.63, 3.8) is 0 Å². The minimum absolute atomic E-state index is 0. The molecule has 0 aromatic carbocycles. The van der Waals surface area contributed by atoms with Crippen LogP contribution in [-0.4, -0.2) is 57.8 Å². The highest BCUT2D eigenvalue weighted by Crippen LogP contribution is 2.29. The van der Waals surface area contributed by atoms with E-state index >= 15 is 0 Å². The smallest absolute Gasteiger partial charge is 0.224 e. The van der Waals surface area contributed by atoms with E-state index in [1.165, 1.54) is 0 Å². The van der Waals surface area contributed by atoms with Crippen molar-refractivity contribution in [1.29, 1.82) is 0 Å². The Hall–Kier alpha value is -3.42. The highest BCUT2D eigenvalue weighted by molar-refractivity contribution is 5.97. The molecule has 3 aromatic heterocycles. The van der Waals surface area contributed by atoms with Gasteiger partial charge in [0, 0.05) is 58.1 Å². The summed E-state index contributed by atoms with van der Waals surface area (Å²) in [7, 11) is 0.